The summed E-state index contributed by atoms with van der Waals surface area (Å²) in [6.07, 6.45) is 2.80. The van der Waals surface area contributed by atoms with E-state index in [1.54, 1.807) is 6.20 Å². The number of aromatic nitrogens is 2. The molecular formula is C18H16N2O. The Morgan fingerprint density at radius 3 is 2.67 bits per heavy atom. The summed E-state index contributed by atoms with van der Waals surface area (Å²) in [4.78, 5) is 0. The predicted octanol–water partition coefficient (Wildman–Crippen LogP) is 4.86. The average Bonchev–Trinajstić information content (AvgIpc) is 3.15. The summed E-state index contributed by atoms with van der Waals surface area (Å²) in [5.41, 5.74) is 3.64. The topological polar surface area (TPSA) is 31.0 Å². The number of rotatable bonds is 3. The van der Waals surface area contributed by atoms with Crippen molar-refractivity contribution < 1.29 is 4.52 Å². The van der Waals surface area contributed by atoms with Gasteiger partial charge in [0.25, 0.3) is 0 Å². The lowest BCUT2D eigenvalue weighted by atomic mass is 10.1. The van der Waals surface area contributed by atoms with Crippen molar-refractivity contribution in [1.82, 2.24) is 9.72 Å². The Hall–Kier alpha value is -2.55. The van der Waals surface area contributed by atoms with Gasteiger partial charge in [0.05, 0.1) is 6.20 Å². The maximum Gasteiger partial charge on any atom is 0.166 e. The molecule has 0 aliphatic heterocycles. The zero-order valence-electron chi connectivity index (χ0n) is 11.9. The van der Waals surface area contributed by atoms with Gasteiger partial charge in [-0.1, -0.05) is 30.3 Å². The highest BCUT2D eigenvalue weighted by Crippen LogP contribution is 2.32. The molecule has 0 radical (unpaired) electrons. The van der Waals surface area contributed by atoms with Gasteiger partial charge in [-0.3, -0.25) is 0 Å². The van der Waals surface area contributed by atoms with Crippen LogP contribution in [0.1, 0.15) is 13.3 Å². The van der Waals surface area contributed by atoms with Gasteiger partial charge in [-0.25, -0.2) is 0 Å². The van der Waals surface area contributed by atoms with Crippen LogP contribution in [-0.4, -0.2) is 9.72 Å². The van der Waals surface area contributed by atoms with Gasteiger partial charge < -0.3 is 9.09 Å². The van der Waals surface area contributed by atoms with Crippen molar-refractivity contribution in [2.45, 2.75) is 19.9 Å². The second-order valence-corrected chi connectivity index (χ2v) is 5.28. The molecule has 0 aliphatic rings. The second kappa shape index (κ2) is 4.77. The van der Waals surface area contributed by atoms with E-state index in [2.05, 4.69) is 59.1 Å². The van der Waals surface area contributed by atoms with E-state index < -0.39 is 0 Å². The molecule has 3 nitrogen and oxygen atoms in total. The first-order valence-corrected chi connectivity index (χ1v) is 7.30. The molecular weight excluding hydrogens is 260 g/mol. The van der Waals surface area contributed by atoms with Crippen molar-refractivity contribution in [3.05, 3.63) is 54.7 Å². The summed E-state index contributed by atoms with van der Waals surface area (Å²) in [6.45, 7) is 3.25. The van der Waals surface area contributed by atoms with Crippen LogP contribution in [0.15, 0.2) is 59.3 Å². The molecule has 0 bridgehead atoms. The van der Waals surface area contributed by atoms with Crippen LogP contribution < -0.4 is 0 Å². The molecule has 104 valence electrons. The van der Waals surface area contributed by atoms with Crippen LogP contribution in [0.2, 0.25) is 0 Å². The van der Waals surface area contributed by atoms with Gasteiger partial charge in [-0.15, -0.1) is 0 Å². The van der Waals surface area contributed by atoms with E-state index >= 15 is 0 Å². The predicted molar refractivity (Wildman–Crippen MR) is 85.2 cm³/mol. The van der Waals surface area contributed by atoms with Gasteiger partial charge in [0, 0.05) is 40.0 Å². The summed E-state index contributed by atoms with van der Waals surface area (Å²) in [6, 6.07) is 17.0. The van der Waals surface area contributed by atoms with E-state index in [0.29, 0.717) is 0 Å². The van der Waals surface area contributed by atoms with Crippen LogP contribution in [0, 0.1) is 0 Å². The van der Waals surface area contributed by atoms with Gasteiger partial charge in [-0.2, -0.15) is 0 Å². The van der Waals surface area contributed by atoms with Crippen LogP contribution >= 0.6 is 0 Å². The van der Waals surface area contributed by atoms with Gasteiger partial charge in [-0.05, 0) is 30.7 Å². The van der Waals surface area contributed by atoms with Gasteiger partial charge in [0.2, 0.25) is 0 Å². The normalized spacial score (nSPS) is 11.5. The number of aryl methyl sites for hydroxylation is 1. The van der Waals surface area contributed by atoms with E-state index in [1.165, 1.54) is 21.8 Å². The third-order valence-corrected chi connectivity index (χ3v) is 3.94. The van der Waals surface area contributed by atoms with E-state index in [-0.39, 0.29) is 0 Å². The van der Waals surface area contributed by atoms with Crippen molar-refractivity contribution in [2.75, 3.05) is 0 Å². The van der Waals surface area contributed by atoms with Crippen LogP contribution in [0.5, 0.6) is 0 Å². The van der Waals surface area contributed by atoms with Crippen LogP contribution in [0.4, 0.5) is 0 Å². The fourth-order valence-electron chi connectivity index (χ4n) is 3.04. The lowest BCUT2D eigenvalue weighted by Crippen LogP contribution is -1.95. The summed E-state index contributed by atoms with van der Waals surface area (Å²) < 4.78 is 7.68. The number of benzene rings is 2. The highest BCUT2D eigenvalue weighted by Gasteiger charge is 2.11. The molecule has 0 unspecified atom stereocenters. The minimum Gasteiger partial charge on any atom is -0.356 e. The third-order valence-electron chi connectivity index (χ3n) is 3.94. The molecule has 0 N–H and O–H groups in total. The summed E-state index contributed by atoms with van der Waals surface area (Å²) in [7, 11) is 0. The van der Waals surface area contributed by atoms with Crippen molar-refractivity contribution in [3.8, 4) is 11.3 Å². The zero-order valence-corrected chi connectivity index (χ0v) is 11.9. The number of nitrogens with zero attached hydrogens (tertiary/aromatic N) is 2. The molecule has 0 saturated carbocycles. The quantitative estimate of drug-likeness (QED) is 0.535. The Morgan fingerprint density at radius 1 is 1.00 bits per heavy atom. The Bertz CT molecular complexity index is 904. The third kappa shape index (κ3) is 1.85. The van der Waals surface area contributed by atoms with Gasteiger partial charge in [0.15, 0.2) is 5.76 Å². The molecule has 0 saturated heterocycles. The van der Waals surface area contributed by atoms with Crippen molar-refractivity contribution in [1.29, 1.82) is 0 Å². The Morgan fingerprint density at radius 2 is 1.86 bits per heavy atom. The average molecular weight is 276 g/mol. The first-order valence-electron chi connectivity index (χ1n) is 7.30. The molecule has 0 spiro atoms. The minimum absolute atomic E-state index is 0.809. The Balaban J connectivity index is 2.05. The van der Waals surface area contributed by atoms with E-state index in [9.17, 15) is 0 Å². The molecule has 0 amide bonds. The van der Waals surface area contributed by atoms with E-state index in [4.69, 9.17) is 4.52 Å². The molecule has 2 aromatic carbocycles. The smallest absolute Gasteiger partial charge is 0.166 e. The molecule has 4 aromatic rings. The van der Waals surface area contributed by atoms with Crippen molar-refractivity contribution in [2.24, 2.45) is 0 Å². The Labute approximate surface area is 122 Å². The van der Waals surface area contributed by atoms with E-state index in [0.717, 1.165) is 24.3 Å². The lowest BCUT2D eigenvalue weighted by molar-refractivity contribution is 0.432. The second-order valence-electron chi connectivity index (χ2n) is 5.28. The maximum atomic E-state index is 5.28. The zero-order chi connectivity index (χ0) is 14.2. The maximum absolute atomic E-state index is 5.28. The number of hydrogen-bond donors (Lipinski definition) is 0. The number of hydrogen-bond acceptors (Lipinski definition) is 2. The molecule has 2 aromatic heterocycles. The number of para-hydroxylation sites is 1. The minimum atomic E-state index is 0.809. The Kier molecular flexibility index (Phi) is 2.78. The summed E-state index contributed by atoms with van der Waals surface area (Å²) in [5.74, 6) is 0.809. The van der Waals surface area contributed by atoms with Crippen LogP contribution in [0.25, 0.3) is 33.1 Å². The van der Waals surface area contributed by atoms with Gasteiger partial charge in [0.1, 0.15) is 0 Å². The molecule has 0 atom stereocenters. The highest BCUT2D eigenvalue weighted by molar-refractivity contribution is 6.09. The fraction of sp³-hybridized carbons (Fsp3) is 0.167. The monoisotopic (exact) mass is 276 g/mol. The largest absolute Gasteiger partial charge is 0.356 e. The molecule has 3 heteroatoms. The first-order chi connectivity index (χ1) is 10.4. The van der Waals surface area contributed by atoms with Gasteiger partial charge >= 0.3 is 0 Å². The highest BCUT2D eigenvalue weighted by atomic mass is 16.5. The van der Waals surface area contributed by atoms with Crippen molar-refractivity contribution in [3.63, 3.8) is 0 Å². The van der Waals surface area contributed by atoms with Crippen molar-refractivity contribution >= 4 is 21.8 Å². The lowest BCUT2D eigenvalue weighted by Gasteiger charge is -2.05. The number of fused-ring (bicyclic) bond motifs is 3. The SMILES string of the molecule is CCCn1c2ccccc2c2cc(-c3ccno3)ccc21. The van der Waals surface area contributed by atoms with Crippen LogP contribution in [-0.2, 0) is 6.54 Å². The standard InChI is InChI=1S/C18H16N2O/c1-2-11-20-16-6-4-3-5-14(16)15-12-13(7-8-17(15)20)18-9-10-19-21-18/h3-10,12H,2,11H2,1H3. The van der Waals surface area contributed by atoms with E-state index in [1.807, 2.05) is 6.07 Å². The molecule has 0 aliphatic carbocycles. The fourth-order valence-corrected chi connectivity index (χ4v) is 3.04. The molecule has 4 rings (SSSR count). The summed E-state index contributed by atoms with van der Waals surface area (Å²) >= 11 is 0. The first kappa shape index (κ1) is 12.2. The molecule has 21 heavy (non-hydrogen) atoms. The van der Waals surface area contributed by atoms with Crippen LogP contribution in [0.3, 0.4) is 0 Å². The molecule has 0 fully saturated rings. The summed E-state index contributed by atoms with van der Waals surface area (Å²) in [5, 5.41) is 6.36. The molecule has 2 heterocycles.